The van der Waals surface area contributed by atoms with E-state index in [1.165, 1.54) is 5.56 Å². The SMILES string of the molecule is O=C(Cc1ccc2c(c1)CCO2)N1C[C@H]2C[C@@H](Oc3ccc4c(c3)OCO4)[C@H](O)C[C@H]2C1. The zero-order chi connectivity index (χ0) is 21.7. The van der Waals surface area contributed by atoms with Crippen molar-refractivity contribution in [2.75, 3.05) is 26.5 Å². The third-order valence-electron chi connectivity index (χ3n) is 7.18. The van der Waals surface area contributed by atoms with E-state index in [2.05, 4.69) is 6.07 Å². The van der Waals surface area contributed by atoms with Crippen molar-refractivity contribution < 1.29 is 28.8 Å². The Labute approximate surface area is 186 Å². The Balaban J connectivity index is 1.08. The number of carbonyl (C=O) groups is 1. The van der Waals surface area contributed by atoms with Crippen LogP contribution in [-0.2, 0) is 17.6 Å². The number of aliphatic hydroxyl groups is 1. The summed E-state index contributed by atoms with van der Waals surface area (Å²) in [6.07, 6.45) is 1.87. The predicted molar refractivity (Wildman–Crippen MR) is 115 cm³/mol. The Bertz CT molecular complexity index is 1040. The van der Waals surface area contributed by atoms with Gasteiger partial charge in [-0.15, -0.1) is 0 Å². The number of likely N-dealkylation sites (tertiary alicyclic amines) is 1. The van der Waals surface area contributed by atoms with Gasteiger partial charge in [-0.2, -0.15) is 0 Å². The molecule has 32 heavy (non-hydrogen) atoms. The number of amides is 1. The van der Waals surface area contributed by atoms with Gasteiger partial charge in [0.1, 0.15) is 17.6 Å². The zero-order valence-electron chi connectivity index (χ0n) is 17.9. The van der Waals surface area contributed by atoms with Crippen LogP contribution in [0, 0.1) is 11.8 Å². The van der Waals surface area contributed by atoms with Gasteiger partial charge in [0.05, 0.1) is 19.1 Å². The molecule has 0 bridgehead atoms. The van der Waals surface area contributed by atoms with Crippen LogP contribution in [0.5, 0.6) is 23.0 Å². The van der Waals surface area contributed by atoms with Crippen molar-refractivity contribution >= 4 is 5.91 Å². The summed E-state index contributed by atoms with van der Waals surface area (Å²) in [6.45, 7) is 2.38. The summed E-state index contributed by atoms with van der Waals surface area (Å²) in [7, 11) is 0. The van der Waals surface area contributed by atoms with Crippen molar-refractivity contribution in [3.8, 4) is 23.0 Å². The van der Waals surface area contributed by atoms with Crippen molar-refractivity contribution in [2.45, 2.75) is 37.9 Å². The lowest BCUT2D eigenvalue weighted by Crippen LogP contribution is -2.42. The standard InChI is InChI=1S/C25H27NO6/c27-20-9-17-12-26(25(28)8-15-1-3-21-16(7-15)5-6-29-21)13-18(17)10-23(20)32-19-2-4-22-24(11-19)31-14-30-22/h1-4,7,11,17-18,20,23,27H,5-6,8-10,12-14H2/t17-,18+,20+,23+/m0/s1. The highest BCUT2D eigenvalue weighted by Crippen LogP contribution is 2.40. The van der Waals surface area contributed by atoms with Crippen LogP contribution in [0.2, 0.25) is 0 Å². The van der Waals surface area contributed by atoms with E-state index in [0.717, 1.165) is 37.3 Å². The first-order valence-electron chi connectivity index (χ1n) is 11.4. The first-order valence-corrected chi connectivity index (χ1v) is 11.4. The molecule has 1 aliphatic carbocycles. The normalized spacial score (nSPS) is 27.6. The summed E-state index contributed by atoms with van der Waals surface area (Å²) in [5.74, 6) is 3.80. The number of hydrogen-bond acceptors (Lipinski definition) is 6. The molecule has 3 heterocycles. The van der Waals surface area contributed by atoms with Crippen molar-refractivity contribution in [3.05, 3.63) is 47.5 Å². The number of benzene rings is 2. The van der Waals surface area contributed by atoms with Gasteiger partial charge in [0, 0.05) is 25.6 Å². The van der Waals surface area contributed by atoms with Crippen LogP contribution in [0.4, 0.5) is 0 Å². The minimum Gasteiger partial charge on any atom is -0.493 e. The van der Waals surface area contributed by atoms with Gasteiger partial charge in [-0.25, -0.2) is 0 Å². The highest BCUT2D eigenvalue weighted by molar-refractivity contribution is 5.79. The van der Waals surface area contributed by atoms with E-state index in [1.807, 2.05) is 35.2 Å². The molecule has 3 aliphatic heterocycles. The van der Waals surface area contributed by atoms with Gasteiger partial charge in [0.25, 0.3) is 0 Å². The van der Waals surface area contributed by atoms with Crippen molar-refractivity contribution in [3.63, 3.8) is 0 Å². The molecular weight excluding hydrogens is 410 g/mol. The van der Waals surface area contributed by atoms with Gasteiger partial charge in [0.2, 0.25) is 12.7 Å². The second-order valence-electron chi connectivity index (χ2n) is 9.25. The minimum absolute atomic E-state index is 0.154. The third kappa shape index (κ3) is 3.64. The van der Waals surface area contributed by atoms with Gasteiger partial charge in [-0.3, -0.25) is 4.79 Å². The molecule has 0 radical (unpaired) electrons. The first kappa shape index (κ1) is 19.7. The maximum absolute atomic E-state index is 13.0. The van der Waals surface area contributed by atoms with E-state index >= 15 is 0 Å². The molecule has 1 N–H and O–H groups in total. The molecule has 1 saturated heterocycles. The van der Waals surface area contributed by atoms with Crippen LogP contribution in [0.25, 0.3) is 0 Å². The Morgan fingerprint density at radius 2 is 1.81 bits per heavy atom. The molecule has 0 spiro atoms. The Morgan fingerprint density at radius 1 is 1.00 bits per heavy atom. The number of nitrogens with zero attached hydrogens (tertiary/aromatic N) is 1. The highest BCUT2D eigenvalue weighted by Gasteiger charge is 2.44. The molecule has 1 saturated carbocycles. The average molecular weight is 437 g/mol. The second kappa shape index (κ2) is 7.89. The fourth-order valence-corrected chi connectivity index (χ4v) is 5.48. The van der Waals surface area contributed by atoms with Gasteiger partial charge in [-0.05, 0) is 54.0 Å². The summed E-state index contributed by atoms with van der Waals surface area (Å²) in [5, 5.41) is 10.7. The van der Waals surface area contributed by atoms with Gasteiger partial charge in [-0.1, -0.05) is 12.1 Å². The maximum atomic E-state index is 13.0. The van der Waals surface area contributed by atoms with Crippen molar-refractivity contribution in [1.82, 2.24) is 4.90 Å². The summed E-state index contributed by atoms with van der Waals surface area (Å²) in [5.41, 5.74) is 2.23. The Kier molecular flexibility index (Phi) is 4.86. The lowest BCUT2D eigenvalue weighted by atomic mass is 9.78. The quantitative estimate of drug-likeness (QED) is 0.792. The van der Waals surface area contributed by atoms with Crippen LogP contribution >= 0.6 is 0 Å². The number of ether oxygens (including phenoxy) is 4. The monoisotopic (exact) mass is 437 g/mol. The Hall–Kier alpha value is -2.93. The number of rotatable bonds is 4. The Morgan fingerprint density at radius 3 is 2.72 bits per heavy atom. The van der Waals surface area contributed by atoms with Crippen molar-refractivity contribution in [1.29, 1.82) is 0 Å². The van der Waals surface area contributed by atoms with E-state index in [0.29, 0.717) is 48.5 Å². The molecule has 1 amide bonds. The van der Waals surface area contributed by atoms with Crippen LogP contribution < -0.4 is 18.9 Å². The molecule has 4 atom stereocenters. The smallest absolute Gasteiger partial charge is 0.231 e. The first-order chi connectivity index (χ1) is 15.6. The molecule has 0 aromatic heterocycles. The lowest BCUT2D eigenvalue weighted by Gasteiger charge is -2.35. The molecule has 168 valence electrons. The summed E-state index contributed by atoms with van der Waals surface area (Å²) in [6, 6.07) is 11.6. The molecule has 2 fully saturated rings. The van der Waals surface area contributed by atoms with Crippen LogP contribution in [-0.4, -0.2) is 54.6 Å². The topological polar surface area (TPSA) is 77.5 Å². The minimum atomic E-state index is -0.548. The number of fused-ring (bicyclic) bond motifs is 3. The zero-order valence-corrected chi connectivity index (χ0v) is 17.9. The summed E-state index contributed by atoms with van der Waals surface area (Å²) in [4.78, 5) is 15.0. The number of hydrogen-bond donors (Lipinski definition) is 1. The molecular formula is C25H27NO6. The molecule has 7 nitrogen and oxygen atoms in total. The average Bonchev–Trinajstić information content (AvgIpc) is 3.52. The molecule has 2 aromatic carbocycles. The predicted octanol–water partition coefficient (Wildman–Crippen LogP) is 2.57. The van der Waals surface area contributed by atoms with Crippen LogP contribution in [0.1, 0.15) is 24.0 Å². The van der Waals surface area contributed by atoms with Gasteiger partial charge in [0.15, 0.2) is 11.5 Å². The molecule has 4 aliphatic rings. The summed E-state index contributed by atoms with van der Waals surface area (Å²) >= 11 is 0. The van der Waals surface area contributed by atoms with E-state index in [4.69, 9.17) is 18.9 Å². The van der Waals surface area contributed by atoms with E-state index in [-0.39, 0.29) is 18.8 Å². The van der Waals surface area contributed by atoms with E-state index < -0.39 is 6.10 Å². The number of aliphatic hydroxyl groups excluding tert-OH is 1. The third-order valence-corrected chi connectivity index (χ3v) is 7.18. The van der Waals surface area contributed by atoms with E-state index in [9.17, 15) is 9.90 Å². The van der Waals surface area contributed by atoms with Crippen LogP contribution in [0.3, 0.4) is 0 Å². The fraction of sp³-hybridized carbons (Fsp3) is 0.480. The van der Waals surface area contributed by atoms with E-state index in [1.54, 1.807) is 0 Å². The molecule has 6 rings (SSSR count). The molecule has 2 aromatic rings. The highest BCUT2D eigenvalue weighted by atomic mass is 16.7. The largest absolute Gasteiger partial charge is 0.493 e. The van der Waals surface area contributed by atoms with Crippen molar-refractivity contribution in [2.24, 2.45) is 11.8 Å². The maximum Gasteiger partial charge on any atom is 0.231 e. The lowest BCUT2D eigenvalue weighted by molar-refractivity contribution is -0.129. The second-order valence-corrected chi connectivity index (χ2v) is 9.25. The van der Waals surface area contributed by atoms with Gasteiger partial charge >= 0.3 is 0 Å². The number of carbonyl (C=O) groups excluding carboxylic acids is 1. The van der Waals surface area contributed by atoms with Crippen LogP contribution in [0.15, 0.2) is 36.4 Å². The fourth-order valence-electron chi connectivity index (χ4n) is 5.48. The van der Waals surface area contributed by atoms with Gasteiger partial charge < -0.3 is 29.0 Å². The summed E-state index contributed by atoms with van der Waals surface area (Å²) < 4.78 is 22.5. The molecule has 7 heteroatoms. The molecule has 0 unspecified atom stereocenters.